The van der Waals surface area contributed by atoms with Gasteiger partial charge in [-0.25, -0.2) is 4.98 Å². The number of H-pyrrole nitrogens is 1. The van der Waals surface area contributed by atoms with E-state index in [1.54, 1.807) is 0 Å². The minimum atomic E-state index is 0.798. The highest BCUT2D eigenvalue weighted by atomic mass is 79.9. The Balaban J connectivity index is 1.97. The highest BCUT2D eigenvalue weighted by Gasteiger charge is 2.08. The van der Waals surface area contributed by atoms with Crippen LogP contribution in [0.1, 0.15) is 11.4 Å². The van der Waals surface area contributed by atoms with Gasteiger partial charge in [-0.3, -0.25) is 0 Å². The zero-order valence-corrected chi connectivity index (χ0v) is 14.5. The van der Waals surface area contributed by atoms with E-state index in [9.17, 15) is 0 Å². The van der Waals surface area contributed by atoms with Crippen LogP contribution in [0.15, 0.2) is 49.8 Å². The number of hydrogen-bond donors (Lipinski definition) is 1. The van der Waals surface area contributed by atoms with Gasteiger partial charge in [-0.05, 0) is 45.8 Å². The molecule has 1 heterocycles. The van der Waals surface area contributed by atoms with Crippen LogP contribution in [-0.2, 0) is 6.42 Å². The maximum atomic E-state index is 4.64. The molecular weight excluding hydrogens is 436 g/mol. The number of halogens is 3. The van der Waals surface area contributed by atoms with E-state index >= 15 is 0 Å². The van der Waals surface area contributed by atoms with Gasteiger partial charge in [-0.2, -0.15) is 0 Å². The summed E-state index contributed by atoms with van der Waals surface area (Å²) in [5, 5.41) is 0. The lowest BCUT2D eigenvalue weighted by molar-refractivity contribution is 1.04. The Morgan fingerprint density at radius 2 is 1.68 bits per heavy atom. The number of hydrogen-bond acceptors (Lipinski definition) is 1. The first-order valence-corrected chi connectivity index (χ1v) is 8.08. The number of nitrogens with one attached hydrogen (secondary N) is 1. The Kier molecular flexibility index (Phi) is 3.78. The summed E-state index contributed by atoms with van der Waals surface area (Å²) in [6.45, 7) is 0. The van der Waals surface area contributed by atoms with E-state index in [1.807, 2.05) is 24.3 Å². The number of aromatic nitrogens is 2. The molecule has 1 N–H and O–H groups in total. The third-order valence-corrected chi connectivity index (χ3v) is 4.43. The average Bonchev–Trinajstić information content (AvgIpc) is 2.75. The number of aromatic amines is 1. The van der Waals surface area contributed by atoms with Gasteiger partial charge in [-0.15, -0.1) is 0 Å². The third kappa shape index (κ3) is 2.93. The summed E-state index contributed by atoms with van der Waals surface area (Å²) in [6, 6.07) is 12.3. The highest BCUT2D eigenvalue weighted by Crippen LogP contribution is 2.27. The van der Waals surface area contributed by atoms with Crippen molar-refractivity contribution < 1.29 is 0 Å². The molecule has 3 rings (SSSR count). The SMILES string of the molecule is Brc1ccc(Cc2nc3c(Br)cc(Br)cc3[nH]2)cc1. The minimum absolute atomic E-state index is 0.798. The van der Waals surface area contributed by atoms with Crippen LogP contribution in [0.5, 0.6) is 0 Å². The summed E-state index contributed by atoms with van der Waals surface area (Å²) in [4.78, 5) is 7.99. The van der Waals surface area contributed by atoms with Crippen LogP contribution in [0.2, 0.25) is 0 Å². The van der Waals surface area contributed by atoms with E-state index in [0.717, 1.165) is 36.7 Å². The fourth-order valence-electron chi connectivity index (χ4n) is 1.97. The van der Waals surface area contributed by atoms with Crippen LogP contribution in [0, 0.1) is 0 Å². The summed E-state index contributed by atoms with van der Waals surface area (Å²) in [7, 11) is 0. The number of nitrogens with zero attached hydrogens (tertiary/aromatic N) is 1. The normalized spacial score (nSPS) is 11.1. The number of fused-ring (bicyclic) bond motifs is 1. The Labute approximate surface area is 136 Å². The van der Waals surface area contributed by atoms with Crippen LogP contribution in [0.25, 0.3) is 11.0 Å². The van der Waals surface area contributed by atoms with Crippen molar-refractivity contribution in [3.8, 4) is 0 Å². The van der Waals surface area contributed by atoms with Gasteiger partial charge in [-0.1, -0.05) is 44.0 Å². The highest BCUT2D eigenvalue weighted by molar-refractivity contribution is 9.11. The molecule has 0 amide bonds. The molecule has 0 saturated carbocycles. The number of benzene rings is 2. The van der Waals surface area contributed by atoms with E-state index < -0.39 is 0 Å². The first-order valence-electron chi connectivity index (χ1n) is 5.70. The topological polar surface area (TPSA) is 28.7 Å². The fourth-order valence-corrected chi connectivity index (χ4v) is 3.55. The van der Waals surface area contributed by atoms with Crippen LogP contribution < -0.4 is 0 Å². The summed E-state index contributed by atoms with van der Waals surface area (Å²) in [6.07, 6.45) is 0.798. The minimum Gasteiger partial charge on any atom is -0.342 e. The van der Waals surface area contributed by atoms with Gasteiger partial charge in [0.15, 0.2) is 0 Å². The predicted molar refractivity (Wildman–Crippen MR) is 88.4 cm³/mol. The Morgan fingerprint density at radius 1 is 0.947 bits per heavy atom. The Hall–Kier alpha value is -0.650. The molecule has 5 heteroatoms. The molecule has 0 fully saturated rings. The standard InChI is InChI=1S/C14H9Br3N2/c15-9-3-1-8(2-4-9)5-13-18-12-7-10(16)6-11(17)14(12)19-13/h1-4,6-7H,5H2,(H,18,19). The van der Waals surface area contributed by atoms with Gasteiger partial charge in [0.2, 0.25) is 0 Å². The quantitative estimate of drug-likeness (QED) is 0.560. The van der Waals surface area contributed by atoms with Crippen molar-refractivity contribution >= 4 is 58.8 Å². The Morgan fingerprint density at radius 3 is 2.42 bits per heavy atom. The lowest BCUT2D eigenvalue weighted by Crippen LogP contribution is -1.89. The summed E-state index contributed by atoms with van der Waals surface area (Å²) >= 11 is 10.5. The zero-order chi connectivity index (χ0) is 13.4. The van der Waals surface area contributed by atoms with Gasteiger partial charge >= 0.3 is 0 Å². The van der Waals surface area contributed by atoms with Gasteiger partial charge in [0.05, 0.1) is 5.52 Å². The molecule has 0 aliphatic heterocycles. The van der Waals surface area contributed by atoms with Crippen LogP contribution in [0.3, 0.4) is 0 Å². The third-order valence-electron chi connectivity index (χ3n) is 2.84. The summed E-state index contributed by atoms with van der Waals surface area (Å²) in [5.41, 5.74) is 3.24. The molecule has 1 aromatic heterocycles. The molecule has 0 spiro atoms. The van der Waals surface area contributed by atoms with Gasteiger partial charge in [0.1, 0.15) is 11.3 Å². The zero-order valence-electron chi connectivity index (χ0n) is 9.75. The number of imidazole rings is 1. The van der Waals surface area contributed by atoms with Gasteiger partial charge in [0.25, 0.3) is 0 Å². The smallest absolute Gasteiger partial charge is 0.111 e. The van der Waals surface area contributed by atoms with Gasteiger partial charge in [0, 0.05) is 19.8 Å². The van der Waals surface area contributed by atoms with Crippen molar-refractivity contribution in [1.29, 1.82) is 0 Å². The molecule has 0 bridgehead atoms. The number of rotatable bonds is 2. The monoisotopic (exact) mass is 442 g/mol. The van der Waals surface area contributed by atoms with Crippen molar-refractivity contribution in [3.05, 3.63) is 61.2 Å². The molecule has 96 valence electrons. The second-order valence-corrected chi connectivity index (χ2v) is 6.96. The Bertz CT molecular complexity index is 732. The molecule has 0 atom stereocenters. The lowest BCUT2D eigenvalue weighted by atomic mass is 10.1. The molecule has 2 nitrogen and oxygen atoms in total. The van der Waals surface area contributed by atoms with Crippen molar-refractivity contribution in [2.75, 3.05) is 0 Å². The molecular formula is C14H9Br3N2. The van der Waals surface area contributed by atoms with E-state index in [0.29, 0.717) is 0 Å². The second-order valence-electron chi connectivity index (χ2n) is 4.27. The summed E-state index contributed by atoms with van der Waals surface area (Å²) in [5.74, 6) is 0.969. The van der Waals surface area contributed by atoms with E-state index in [-0.39, 0.29) is 0 Å². The lowest BCUT2D eigenvalue weighted by Gasteiger charge is -1.97. The molecule has 0 aliphatic rings. The largest absolute Gasteiger partial charge is 0.342 e. The second kappa shape index (κ2) is 5.38. The van der Waals surface area contributed by atoms with E-state index in [2.05, 4.69) is 69.9 Å². The average molecular weight is 445 g/mol. The van der Waals surface area contributed by atoms with Crippen molar-refractivity contribution in [2.24, 2.45) is 0 Å². The van der Waals surface area contributed by atoms with Crippen LogP contribution in [-0.4, -0.2) is 9.97 Å². The first-order chi connectivity index (χ1) is 9.11. The molecule has 0 aliphatic carbocycles. The molecule has 0 unspecified atom stereocenters. The summed E-state index contributed by atoms with van der Waals surface area (Å²) < 4.78 is 3.12. The maximum absolute atomic E-state index is 4.64. The van der Waals surface area contributed by atoms with Crippen LogP contribution in [0.4, 0.5) is 0 Å². The van der Waals surface area contributed by atoms with E-state index in [4.69, 9.17) is 0 Å². The molecule has 19 heavy (non-hydrogen) atoms. The maximum Gasteiger partial charge on any atom is 0.111 e. The molecule has 0 radical (unpaired) electrons. The fraction of sp³-hybridized carbons (Fsp3) is 0.0714. The van der Waals surface area contributed by atoms with Crippen molar-refractivity contribution in [1.82, 2.24) is 9.97 Å². The first kappa shape index (κ1) is 13.3. The predicted octanol–water partition coefficient (Wildman–Crippen LogP) is 5.44. The van der Waals surface area contributed by atoms with E-state index in [1.165, 1.54) is 5.56 Å². The molecule has 0 saturated heterocycles. The van der Waals surface area contributed by atoms with Crippen LogP contribution >= 0.6 is 47.8 Å². The molecule has 3 aromatic rings. The van der Waals surface area contributed by atoms with Crippen molar-refractivity contribution in [3.63, 3.8) is 0 Å². The molecule has 2 aromatic carbocycles. The van der Waals surface area contributed by atoms with Gasteiger partial charge < -0.3 is 4.98 Å². The van der Waals surface area contributed by atoms with Crippen molar-refractivity contribution in [2.45, 2.75) is 6.42 Å².